The molecule has 5 rings (SSSR count). The van der Waals surface area contributed by atoms with Gasteiger partial charge >= 0.3 is 5.97 Å². The lowest BCUT2D eigenvalue weighted by Gasteiger charge is -2.27. The van der Waals surface area contributed by atoms with Crippen molar-refractivity contribution in [3.8, 4) is 5.75 Å². The summed E-state index contributed by atoms with van der Waals surface area (Å²) in [5.74, 6) is -1.59. The molecule has 0 radical (unpaired) electrons. The van der Waals surface area contributed by atoms with Crippen LogP contribution in [-0.2, 0) is 32.0 Å². The van der Waals surface area contributed by atoms with Crippen LogP contribution in [0.5, 0.6) is 5.75 Å². The maximum absolute atomic E-state index is 13.6. The predicted octanol–water partition coefficient (Wildman–Crippen LogP) is 4.02. The Hall–Kier alpha value is -4.17. The Bertz CT molecular complexity index is 1370. The highest BCUT2D eigenvalue weighted by Crippen LogP contribution is 2.38. The number of aromatic hydroxyl groups is 1. The van der Waals surface area contributed by atoms with Crippen LogP contribution in [0.4, 0.5) is 5.69 Å². The Kier molecular flexibility index (Phi) is 7.15. The van der Waals surface area contributed by atoms with Crippen molar-refractivity contribution in [1.82, 2.24) is 4.90 Å². The molecule has 2 aliphatic rings. The van der Waals surface area contributed by atoms with E-state index < -0.39 is 24.7 Å². The number of fused-ring (bicyclic) bond motifs is 2. The van der Waals surface area contributed by atoms with Gasteiger partial charge in [0.15, 0.2) is 0 Å². The molecule has 0 aromatic heterocycles. The van der Waals surface area contributed by atoms with Gasteiger partial charge in [-0.2, -0.15) is 0 Å². The van der Waals surface area contributed by atoms with Gasteiger partial charge in [-0.15, -0.1) is 0 Å². The third-order valence-electron chi connectivity index (χ3n) is 7.46. The summed E-state index contributed by atoms with van der Waals surface area (Å²) in [5, 5.41) is 22.0. The van der Waals surface area contributed by atoms with Gasteiger partial charge in [0.2, 0.25) is 11.8 Å². The van der Waals surface area contributed by atoms with Gasteiger partial charge in [-0.3, -0.25) is 9.59 Å². The molecule has 8 heteroatoms. The van der Waals surface area contributed by atoms with Crippen molar-refractivity contribution in [3.05, 3.63) is 94.5 Å². The molecule has 0 spiro atoms. The highest BCUT2D eigenvalue weighted by atomic mass is 16.5. The van der Waals surface area contributed by atoms with Crippen LogP contribution in [0.15, 0.2) is 66.7 Å². The second-order valence-corrected chi connectivity index (χ2v) is 9.83. The molecule has 3 N–H and O–H groups in total. The number of anilines is 1. The van der Waals surface area contributed by atoms with E-state index in [2.05, 4.69) is 5.32 Å². The SMILES string of the molecule is CC(=O)N1CCC(c2ccc(O)cc2)[C@H]1C(=O)Nc1ccc2c(c1)C(OCC(=O)O)c1ccccc1CC2. The van der Waals surface area contributed by atoms with Gasteiger partial charge in [0, 0.05) is 25.1 Å². The monoisotopic (exact) mass is 514 g/mol. The minimum absolute atomic E-state index is 0.141. The molecular formula is C30H30N2O6. The molecule has 0 bridgehead atoms. The molecule has 1 saturated heterocycles. The number of likely N-dealkylation sites (tertiary alicyclic amines) is 1. The third-order valence-corrected chi connectivity index (χ3v) is 7.46. The minimum atomic E-state index is -1.05. The molecule has 1 aliphatic heterocycles. The first-order valence-electron chi connectivity index (χ1n) is 12.7. The molecule has 3 aromatic carbocycles. The van der Waals surface area contributed by atoms with Crippen LogP contribution in [0.1, 0.15) is 53.2 Å². The second kappa shape index (κ2) is 10.7. The van der Waals surface area contributed by atoms with Crippen LogP contribution in [0.3, 0.4) is 0 Å². The minimum Gasteiger partial charge on any atom is -0.508 e. The van der Waals surface area contributed by atoms with E-state index in [4.69, 9.17) is 4.74 Å². The van der Waals surface area contributed by atoms with Crippen LogP contribution in [0, 0.1) is 0 Å². The summed E-state index contributed by atoms with van der Waals surface area (Å²) in [6, 6.07) is 19.5. The number of carbonyl (C=O) groups excluding carboxylic acids is 2. The van der Waals surface area contributed by atoms with Crippen LogP contribution in [-0.4, -0.2) is 52.1 Å². The number of hydrogen-bond donors (Lipinski definition) is 3. The van der Waals surface area contributed by atoms with E-state index in [1.807, 2.05) is 42.5 Å². The molecular weight excluding hydrogens is 484 g/mol. The number of aryl methyl sites for hydroxylation is 2. The number of phenolic OH excluding ortho intramolecular Hbond substituents is 1. The topological polar surface area (TPSA) is 116 Å². The van der Waals surface area contributed by atoms with Crippen molar-refractivity contribution in [2.45, 2.75) is 44.2 Å². The summed E-state index contributed by atoms with van der Waals surface area (Å²) in [4.78, 5) is 39.0. The third kappa shape index (κ3) is 5.13. The normalized spacial score (nSPS) is 20.2. The first-order valence-corrected chi connectivity index (χ1v) is 12.7. The predicted molar refractivity (Wildman–Crippen MR) is 141 cm³/mol. The van der Waals surface area contributed by atoms with Crippen LogP contribution in [0.25, 0.3) is 0 Å². The van der Waals surface area contributed by atoms with Gasteiger partial charge in [0.25, 0.3) is 0 Å². The van der Waals surface area contributed by atoms with Crippen LogP contribution < -0.4 is 5.32 Å². The number of phenols is 1. The Morgan fingerprint density at radius 3 is 2.39 bits per heavy atom. The lowest BCUT2D eigenvalue weighted by atomic mass is 9.91. The average molecular weight is 515 g/mol. The molecule has 196 valence electrons. The van der Waals surface area contributed by atoms with Gasteiger partial charge in [0.1, 0.15) is 24.5 Å². The lowest BCUT2D eigenvalue weighted by molar-refractivity contribution is -0.143. The van der Waals surface area contributed by atoms with E-state index in [0.29, 0.717) is 18.7 Å². The van der Waals surface area contributed by atoms with E-state index in [0.717, 1.165) is 40.7 Å². The molecule has 1 aliphatic carbocycles. The maximum atomic E-state index is 13.6. The van der Waals surface area contributed by atoms with E-state index >= 15 is 0 Å². The standard InChI is InChI=1S/C30H30N2O6/c1-18(33)32-15-14-24(20-9-12-23(34)13-10-20)28(32)30(37)31-22-11-8-21-7-6-19-4-2-3-5-25(19)29(26(21)16-22)38-17-27(35)36/h2-5,8-13,16,24,28-29,34H,6-7,14-15,17H2,1H3,(H,31,37)(H,35,36)/t24?,28-,29?/m0/s1. The molecule has 2 unspecified atom stereocenters. The molecule has 38 heavy (non-hydrogen) atoms. The molecule has 3 atom stereocenters. The summed E-state index contributed by atoms with van der Waals surface area (Å²) in [6.07, 6.45) is 1.61. The van der Waals surface area contributed by atoms with Crippen molar-refractivity contribution in [3.63, 3.8) is 0 Å². The number of benzene rings is 3. The van der Waals surface area contributed by atoms with Crippen LogP contribution in [0.2, 0.25) is 0 Å². The number of nitrogens with zero attached hydrogens (tertiary/aromatic N) is 1. The van der Waals surface area contributed by atoms with Gasteiger partial charge in [-0.25, -0.2) is 4.79 Å². The fourth-order valence-electron chi connectivity index (χ4n) is 5.69. The van der Waals surface area contributed by atoms with Crippen molar-refractivity contribution >= 4 is 23.5 Å². The van der Waals surface area contributed by atoms with E-state index in [1.54, 1.807) is 29.2 Å². The molecule has 0 saturated carbocycles. The van der Waals surface area contributed by atoms with Crippen molar-refractivity contribution in [2.24, 2.45) is 0 Å². The molecule has 3 aromatic rings. The van der Waals surface area contributed by atoms with Crippen molar-refractivity contribution in [2.75, 3.05) is 18.5 Å². The number of carboxylic acids is 1. The Morgan fingerprint density at radius 1 is 0.974 bits per heavy atom. The molecule has 2 amide bonds. The summed E-state index contributed by atoms with van der Waals surface area (Å²) in [6.45, 7) is 1.48. The number of carbonyl (C=O) groups is 3. The Balaban J connectivity index is 1.46. The van der Waals surface area contributed by atoms with E-state index in [1.165, 1.54) is 6.92 Å². The highest BCUT2D eigenvalue weighted by molar-refractivity contribution is 5.98. The largest absolute Gasteiger partial charge is 0.508 e. The first kappa shape index (κ1) is 25.5. The average Bonchev–Trinajstić information content (AvgIpc) is 3.28. The Labute approximate surface area is 220 Å². The fourth-order valence-corrected chi connectivity index (χ4v) is 5.69. The van der Waals surface area contributed by atoms with Gasteiger partial charge < -0.3 is 25.2 Å². The van der Waals surface area contributed by atoms with Gasteiger partial charge in [-0.05, 0) is 71.3 Å². The Morgan fingerprint density at radius 2 is 1.68 bits per heavy atom. The van der Waals surface area contributed by atoms with E-state index in [9.17, 15) is 24.6 Å². The van der Waals surface area contributed by atoms with Gasteiger partial charge in [0.05, 0.1) is 0 Å². The number of carboxylic acid groups (broad SMARTS) is 1. The molecule has 1 heterocycles. The maximum Gasteiger partial charge on any atom is 0.329 e. The fraction of sp³-hybridized carbons (Fsp3) is 0.300. The first-order chi connectivity index (χ1) is 18.3. The zero-order valence-corrected chi connectivity index (χ0v) is 21.1. The van der Waals surface area contributed by atoms with Crippen molar-refractivity contribution in [1.29, 1.82) is 0 Å². The number of hydrogen-bond acceptors (Lipinski definition) is 5. The molecule has 8 nitrogen and oxygen atoms in total. The quantitative estimate of drug-likeness (QED) is 0.458. The van der Waals surface area contributed by atoms with Gasteiger partial charge in [-0.1, -0.05) is 42.5 Å². The zero-order chi connectivity index (χ0) is 26.8. The van der Waals surface area contributed by atoms with Crippen LogP contribution >= 0.6 is 0 Å². The second-order valence-electron chi connectivity index (χ2n) is 9.83. The number of aliphatic carboxylic acids is 1. The van der Waals surface area contributed by atoms with Crippen molar-refractivity contribution < 1.29 is 29.3 Å². The zero-order valence-electron chi connectivity index (χ0n) is 21.1. The lowest BCUT2D eigenvalue weighted by Crippen LogP contribution is -2.44. The summed E-state index contributed by atoms with van der Waals surface area (Å²) >= 11 is 0. The number of amides is 2. The summed E-state index contributed by atoms with van der Waals surface area (Å²) in [7, 11) is 0. The van der Waals surface area contributed by atoms with E-state index in [-0.39, 0.29) is 23.5 Å². The number of nitrogens with one attached hydrogen (secondary N) is 1. The number of rotatable bonds is 6. The smallest absolute Gasteiger partial charge is 0.329 e. The molecule has 1 fully saturated rings. The number of ether oxygens (including phenoxy) is 1. The summed E-state index contributed by atoms with van der Waals surface area (Å²) in [5.41, 5.74) is 5.30. The highest BCUT2D eigenvalue weighted by Gasteiger charge is 2.41. The summed E-state index contributed by atoms with van der Waals surface area (Å²) < 4.78 is 5.88.